The van der Waals surface area contributed by atoms with E-state index in [0.717, 1.165) is 31.5 Å². The van der Waals surface area contributed by atoms with E-state index >= 15 is 0 Å². The van der Waals surface area contributed by atoms with Crippen molar-refractivity contribution < 1.29 is 8.98 Å². The lowest BCUT2D eigenvalue weighted by molar-refractivity contribution is -0.120. The molecule has 2 atom stereocenters. The Labute approximate surface area is 130 Å². The van der Waals surface area contributed by atoms with Gasteiger partial charge in [0, 0.05) is 5.92 Å². The van der Waals surface area contributed by atoms with Gasteiger partial charge < -0.3 is 0 Å². The number of carbonyl (C=O) groups excluding carboxylic acids is 1. The minimum atomic E-state index is 0.0132. The third-order valence-corrected chi connectivity index (χ3v) is 3.59. The number of rotatable bonds is 5. The second-order valence-electron chi connectivity index (χ2n) is 4.32. The van der Waals surface area contributed by atoms with Crippen LogP contribution in [0.4, 0.5) is 0 Å². The summed E-state index contributed by atoms with van der Waals surface area (Å²) in [6.07, 6.45) is 4.97. The van der Waals surface area contributed by atoms with Gasteiger partial charge in [-0.25, -0.2) is 0 Å². The summed E-state index contributed by atoms with van der Waals surface area (Å²) >= 11 is 1.08. The molecule has 0 unspecified atom stereocenters. The molecule has 1 N–H and O–H groups in total. The Morgan fingerprint density at radius 2 is 1.75 bits per heavy atom. The van der Waals surface area contributed by atoms with Crippen molar-refractivity contribution in [1.82, 2.24) is 4.72 Å². The third-order valence-electron chi connectivity index (χ3n) is 2.82. The van der Waals surface area contributed by atoms with Gasteiger partial charge in [0.2, 0.25) is 5.91 Å². The lowest BCUT2D eigenvalue weighted by atomic mass is 10.3. The fourth-order valence-corrected chi connectivity index (χ4v) is 1.92. The highest BCUT2D eigenvalue weighted by Crippen LogP contribution is 2.42. The minimum absolute atomic E-state index is 0.0132. The van der Waals surface area contributed by atoms with E-state index in [1.807, 2.05) is 47.6 Å². The van der Waals surface area contributed by atoms with E-state index in [1.165, 1.54) is 0 Å². The number of nitrogens with one attached hydrogen (secondary N) is 1. The van der Waals surface area contributed by atoms with Gasteiger partial charge in [-0.2, -0.15) is 0 Å². The van der Waals surface area contributed by atoms with Crippen LogP contribution < -0.4 is 4.72 Å². The van der Waals surface area contributed by atoms with Crippen molar-refractivity contribution in [1.29, 1.82) is 0 Å². The maximum absolute atomic E-state index is 11.4. The van der Waals surface area contributed by atoms with Crippen LogP contribution in [-0.2, 0) is 8.98 Å². The molecule has 0 aliphatic heterocycles. The molecule has 0 aromatic heterocycles. The summed E-state index contributed by atoms with van der Waals surface area (Å²) in [6.45, 7) is 17.7. The van der Waals surface area contributed by atoms with Crippen molar-refractivity contribution in [3.63, 3.8) is 0 Å². The van der Waals surface area contributed by atoms with E-state index < -0.39 is 0 Å². The maximum Gasteiger partial charge on any atom is 0.235 e. The highest BCUT2D eigenvalue weighted by Gasteiger charge is 2.42. The Balaban J connectivity index is 0. The first-order valence-electron chi connectivity index (χ1n) is 7.92. The normalized spacial score (nSPS) is 23.4. The standard InChI is InChI=1S/C10H15NO2S.3C2H6/c1-3-7-6-8(7)9(12)11-14-13-10(2)4-5-10;3*1-2/h3,7-8H,1,4-6H2,2H3,(H,11,12);3*1-2H3/t7-,8+;;;/m1.../s1. The lowest BCUT2D eigenvalue weighted by Gasteiger charge is -2.08. The molecular formula is C16H33NO2S. The van der Waals surface area contributed by atoms with Crippen LogP contribution in [0.15, 0.2) is 12.7 Å². The molecule has 20 heavy (non-hydrogen) atoms. The molecule has 4 heteroatoms. The number of hydrogen-bond donors (Lipinski definition) is 1. The number of carbonyl (C=O) groups is 1. The fourth-order valence-electron chi connectivity index (χ4n) is 1.27. The Morgan fingerprint density at radius 3 is 2.10 bits per heavy atom. The van der Waals surface area contributed by atoms with E-state index in [4.69, 9.17) is 4.18 Å². The van der Waals surface area contributed by atoms with Crippen molar-refractivity contribution in [3.8, 4) is 0 Å². The lowest BCUT2D eigenvalue weighted by Crippen LogP contribution is -2.20. The molecule has 0 bridgehead atoms. The van der Waals surface area contributed by atoms with Gasteiger partial charge in [-0.15, -0.1) is 6.58 Å². The van der Waals surface area contributed by atoms with Crippen molar-refractivity contribution in [2.75, 3.05) is 0 Å². The van der Waals surface area contributed by atoms with E-state index in [2.05, 4.69) is 18.2 Å². The van der Waals surface area contributed by atoms with Gasteiger partial charge >= 0.3 is 0 Å². The van der Waals surface area contributed by atoms with E-state index in [-0.39, 0.29) is 17.4 Å². The third kappa shape index (κ3) is 8.64. The van der Waals surface area contributed by atoms with Gasteiger partial charge in [-0.05, 0) is 32.1 Å². The average Bonchev–Trinajstić information content (AvgIpc) is 3.42. The molecule has 0 heterocycles. The van der Waals surface area contributed by atoms with Gasteiger partial charge in [-0.1, -0.05) is 47.6 Å². The second kappa shape index (κ2) is 12.3. The van der Waals surface area contributed by atoms with Crippen LogP contribution in [-0.4, -0.2) is 11.5 Å². The molecule has 0 saturated heterocycles. The summed E-state index contributed by atoms with van der Waals surface area (Å²) < 4.78 is 8.13. The van der Waals surface area contributed by atoms with Crippen LogP contribution >= 0.6 is 12.2 Å². The van der Waals surface area contributed by atoms with Crippen LogP contribution in [0.5, 0.6) is 0 Å². The van der Waals surface area contributed by atoms with Gasteiger partial charge in [0.15, 0.2) is 0 Å². The molecule has 0 aromatic carbocycles. The van der Waals surface area contributed by atoms with E-state index in [1.54, 1.807) is 0 Å². The average molecular weight is 304 g/mol. The number of allylic oxidation sites excluding steroid dienone is 1. The molecule has 1 amide bonds. The molecule has 2 rings (SSSR count). The van der Waals surface area contributed by atoms with E-state index in [9.17, 15) is 4.79 Å². The van der Waals surface area contributed by atoms with Gasteiger partial charge in [0.1, 0.15) is 12.2 Å². The highest BCUT2D eigenvalue weighted by molar-refractivity contribution is 7.93. The van der Waals surface area contributed by atoms with Gasteiger partial charge in [-0.3, -0.25) is 13.7 Å². The predicted molar refractivity (Wildman–Crippen MR) is 90.3 cm³/mol. The van der Waals surface area contributed by atoms with Crippen molar-refractivity contribution in [2.24, 2.45) is 11.8 Å². The summed E-state index contributed by atoms with van der Waals surface area (Å²) in [5.74, 6) is 0.590. The first-order chi connectivity index (χ1) is 9.64. The zero-order chi connectivity index (χ0) is 16.2. The van der Waals surface area contributed by atoms with Crippen molar-refractivity contribution >= 4 is 18.1 Å². The van der Waals surface area contributed by atoms with Crippen molar-refractivity contribution in [3.05, 3.63) is 12.7 Å². The molecule has 2 aliphatic carbocycles. The molecule has 0 radical (unpaired) electrons. The Hall–Kier alpha value is -0.480. The molecule has 0 spiro atoms. The summed E-state index contributed by atoms with van der Waals surface area (Å²) in [5, 5.41) is 0. The summed E-state index contributed by atoms with van der Waals surface area (Å²) in [6, 6.07) is 0. The summed E-state index contributed by atoms with van der Waals surface area (Å²) in [4.78, 5) is 11.4. The second-order valence-corrected chi connectivity index (χ2v) is 4.86. The smallest absolute Gasteiger partial charge is 0.235 e. The zero-order valence-electron chi connectivity index (χ0n) is 14.3. The number of hydrogen-bond acceptors (Lipinski definition) is 3. The summed E-state index contributed by atoms with van der Waals surface area (Å²) in [5.41, 5.74) is 0.0132. The van der Waals surface area contributed by atoms with E-state index in [0.29, 0.717) is 5.92 Å². The summed E-state index contributed by atoms with van der Waals surface area (Å²) in [7, 11) is 0. The molecule has 120 valence electrons. The number of amides is 1. The van der Waals surface area contributed by atoms with Crippen LogP contribution in [0, 0.1) is 11.8 Å². The van der Waals surface area contributed by atoms with Crippen LogP contribution in [0.1, 0.15) is 67.7 Å². The van der Waals surface area contributed by atoms with Crippen LogP contribution in [0.25, 0.3) is 0 Å². The zero-order valence-corrected chi connectivity index (χ0v) is 15.1. The molecule has 3 nitrogen and oxygen atoms in total. The highest BCUT2D eigenvalue weighted by atomic mass is 32.2. The largest absolute Gasteiger partial charge is 0.290 e. The van der Waals surface area contributed by atoms with Crippen LogP contribution in [0.3, 0.4) is 0 Å². The Bertz CT molecular complexity index is 265. The monoisotopic (exact) mass is 303 g/mol. The maximum atomic E-state index is 11.4. The quantitative estimate of drug-likeness (QED) is 0.434. The van der Waals surface area contributed by atoms with Gasteiger partial charge in [0.25, 0.3) is 0 Å². The topological polar surface area (TPSA) is 38.3 Å². The first kappa shape index (κ1) is 21.8. The molecular weight excluding hydrogens is 270 g/mol. The molecule has 2 saturated carbocycles. The Kier molecular flexibility index (Phi) is 13.4. The predicted octanol–water partition coefficient (Wildman–Crippen LogP) is 5.14. The molecule has 2 aliphatic rings. The first-order valence-corrected chi connectivity index (χ1v) is 8.66. The SMILES string of the molecule is C=C[C@@H]1C[C@@H]1C(=O)NSOC1(C)CC1.CC.CC.CC. The molecule has 0 aromatic rings. The van der Waals surface area contributed by atoms with Gasteiger partial charge in [0.05, 0.1) is 5.60 Å². The minimum Gasteiger partial charge on any atom is -0.290 e. The van der Waals surface area contributed by atoms with Crippen molar-refractivity contribution in [2.45, 2.75) is 73.3 Å². The molecule has 2 fully saturated rings. The fraction of sp³-hybridized carbons (Fsp3) is 0.812. The Morgan fingerprint density at radius 1 is 1.25 bits per heavy atom. The van der Waals surface area contributed by atoms with Crippen LogP contribution in [0.2, 0.25) is 0 Å².